The smallest absolute Gasteiger partial charge is 0.123 e. The van der Waals surface area contributed by atoms with Crippen LogP contribution in [0.15, 0.2) is 24.3 Å². The molecule has 1 aromatic carbocycles. The van der Waals surface area contributed by atoms with Crippen molar-refractivity contribution in [3.63, 3.8) is 0 Å². The third kappa shape index (κ3) is 3.97. The van der Waals surface area contributed by atoms with Crippen LogP contribution >= 0.6 is 0 Å². The number of nitrogens with one attached hydrogen (secondary N) is 1. The first-order valence-corrected chi connectivity index (χ1v) is 7.79. The molecule has 1 heterocycles. The first kappa shape index (κ1) is 15.3. The highest BCUT2D eigenvalue weighted by Gasteiger charge is 2.18. The van der Waals surface area contributed by atoms with Crippen molar-refractivity contribution in [1.29, 1.82) is 0 Å². The largest absolute Gasteiger partial charge is 0.496 e. The molecule has 0 spiro atoms. The van der Waals surface area contributed by atoms with E-state index >= 15 is 0 Å². The summed E-state index contributed by atoms with van der Waals surface area (Å²) >= 11 is 0. The van der Waals surface area contributed by atoms with Crippen LogP contribution in [-0.4, -0.2) is 38.2 Å². The number of benzene rings is 1. The summed E-state index contributed by atoms with van der Waals surface area (Å²) in [6.45, 7) is 4.53. The second-order valence-corrected chi connectivity index (χ2v) is 5.84. The molecule has 1 fully saturated rings. The molecule has 20 heavy (non-hydrogen) atoms. The van der Waals surface area contributed by atoms with Crippen LogP contribution in [0.5, 0.6) is 5.75 Å². The first-order chi connectivity index (χ1) is 9.72. The van der Waals surface area contributed by atoms with E-state index in [9.17, 15) is 0 Å². The molecule has 2 rings (SSSR count). The second kappa shape index (κ2) is 7.65. The van der Waals surface area contributed by atoms with Crippen molar-refractivity contribution in [2.45, 2.75) is 44.7 Å². The van der Waals surface area contributed by atoms with Gasteiger partial charge in [-0.15, -0.1) is 0 Å². The summed E-state index contributed by atoms with van der Waals surface area (Å²) in [5, 5.41) is 3.63. The number of methoxy groups -OCH3 is 1. The van der Waals surface area contributed by atoms with Gasteiger partial charge in [0, 0.05) is 17.6 Å². The standard InChI is InChI=1S/C17H28N2O/c1-14(16-9-4-5-10-17(16)20-3)18-12-11-15-8-6-7-13-19(15)2/h4-5,9-10,14-15,18H,6-8,11-13H2,1-3H3/t14-,15?/m0/s1. The maximum absolute atomic E-state index is 5.43. The fourth-order valence-electron chi connectivity index (χ4n) is 3.11. The number of likely N-dealkylation sites (tertiary alicyclic amines) is 1. The summed E-state index contributed by atoms with van der Waals surface area (Å²) in [7, 11) is 4.00. The van der Waals surface area contributed by atoms with Crippen LogP contribution in [0.25, 0.3) is 0 Å². The lowest BCUT2D eigenvalue weighted by atomic mass is 10.00. The zero-order chi connectivity index (χ0) is 14.4. The van der Waals surface area contributed by atoms with Crippen LogP contribution in [0.4, 0.5) is 0 Å². The van der Waals surface area contributed by atoms with E-state index in [1.165, 1.54) is 37.8 Å². The van der Waals surface area contributed by atoms with Crippen molar-refractivity contribution < 1.29 is 4.74 Å². The lowest BCUT2D eigenvalue weighted by molar-refractivity contribution is 0.174. The van der Waals surface area contributed by atoms with Crippen molar-refractivity contribution in [2.24, 2.45) is 0 Å². The minimum atomic E-state index is 0.333. The molecule has 0 saturated carbocycles. The molecule has 2 atom stereocenters. The molecule has 3 nitrogen and oxygen atoms in total. The van der Waals surface area contributed by atoms with Crippen LogP contribution in [0.3, 0.4) is 0 Å². The summed E-state index contributed by atoms with van der Waals surface area (Å²) in [5.41, 5.74) is 1.24. The zero-order valence-corrected chi connectivity index (χ0v) is 13.1. The topological polar surface area (TPSA) is 24.5 Å². The van der Waals surface area contributed by atoms with E-state index in [4.69, 9.17) is 4.74 Å². The number of hydrogen-bond acceptors (Lipinski definition) is 3. The highest BCUT2D eigenvalue weighted by molar-refractivity contribution is 5.35. The first-order valence-electron chi connectivity index (χ1n) is 7.79. The Morgan fingerprint density at radius 1 is 1.35 bits per heavy atom. The Hall–Kier alpha value is -1.06. The van der Waals surface area contributed by atoms with Crippen LogP contribution in [0.1, 0.15) is 44.2 Å². The molecule has 1 unspecified atom stereocenters. The van der Waals surface area contributed by atoms with Gasteiger partial charge in [0.05, 0.1) is 7.11 Å². The molecule has 1 aromatic rings. The predicted molar refractivity (Wildman–Crippen MR) is 84.3 cm³/mol. The van der Waals surface area contributed by atoms with E-state index < -0.39 is 0 Å². The highest BCUT2D eigenvalue weighted by Crippen LogP contribution is 2.24. The number of hydrogen-bond donors (Lipinski definition) is 1. The Kier molecular flexibility index (Phi) is 5.86. The molecule has 1 saturated heterocycles. The summed E-state index contributed by atoms with van der Waals surface area (Å²) in [5.74, 6) is 0.974. The Bertz CT molecular complexity index is 408. The van der Waals surface area contributed by atoms with Crippen molar-refractivity contribution in [3.8, 4) is 5.75 Å². The van der Waals surface area contributed by atoms with E-state index in [-0.39, 0.29) is 0 Å². The summed E-state index contributed by atoms with van der Waals surface area (Å²) in [4.78, 5) is 2.51. The molecule has 0 radical (unpaired) electrons. The van der Waals surface area contributed by atoms with Gasteiger partial charge in [0.2, 0.25) is 0 Å². The van der Waals surface area contributed by atoms with Crippen LogP contribution < -0.4 is 10.1 Å². The van der Waals surface area contributed by atoms with Crippen LogP contribution in [0.2, 0.25) is 0 Å². The quantitative estimate of drug-likeness (QED) is 0.863. The van der Waals surface area contributed by atoms with Gasteiger partial charge in [-0.1, -0.05) is 24.6 Å². The maximum Gasteiger partial charge on any atom is 0.123 e. The highest BCUT2D eigenvalue weighted by atomic mass is 16.5. The molecule has 0 aromatic heterocycles. The van der Waals surface area contributed by atoms with Crippen molar-refractivity contribution >= 4 is 0 Å². The Morgan fingerprint density at radius 3 is 2.90 bits per heavy atom. The van der Waals surface area contributed by atoms with Gasteiger partial charge in [-0.3, -0.25) is 0 Å². The molecule has 1 aliphatic heterocycles. The third-order valence-corrected chi connectivity index (χ3v) is 4.46. The molecule has 112 valence electrons. The van der Waals surface area contributed by atoms with Gasteiger partial charge in [-0.2, -0.15) is 0 Å². The molecular weight excluding hydrogens is 248 g/mol. The second-order valence-electron chi connectivity index (χ2n) is 5.84. The molecular formula is C17H28N2O. The summed E-state index contributed by atoms with van der Waals surface area (Å²) < 4.78 is 5.43. The summed E-state index contributed by atoms with van der Waals surface area (Å²) in [6, 6.07) is 9.35. The Morgan fingerprint density at radius 2 is 2.15 bits per heavy atom. The van der Waals surface area contributed by atoms with E-state index in [0.29, 0.717) is 6.04 Å². The molecule has 1 N–H and O–H groups in total. The number of nitrogens with zero attached hydrogens (tertiary/aromatic N) is 1. The van der Waals surface area contributed by atoms with Crippen molar-refractivity contribution in [1.82, 2.24) is 10.2 Å². The minimum absolute atomic E-state index is 0.333. The fourth-order valence-corrected chi connectivity index (χ4v) is 3.11. The Balaban J connectivity index is 1.81. The third-order valence-electron chi connectivity index (χ3n) is 4.46. The monoisotopic (exact) mass is 276 g/mol. The lowest BCUT2D eigenvalue weighted by Crippen LogP contribution is -2.38. The number of rotatable bonds is 6. The average molecular weight is 276 g/mol. The average Bonchev–Trinajstić information content (AvgIpc) is 2.49. The van der Waals surface area contributed by atoms with Crippen molar-refractivity contribution in [3.05, 3.63) is 29.8 Å². The van der Waals surface area contributed by atoms with E-state index in [1.54, 1.807) is 7.11 Å². The fraction of sp³-hybridized carbons (Fsp3) is 0.647. The molecule has 3 heteroatoms. The summed E-state index contributed by atoms with van der Waals surface area (Å²) in [6.07, 6.45) is 5.33. The Labute approximate surface area is 123 Å². The van der Waals surface area contributed by atoms with Crippen LogP contribution in [0, 0.1) is 0 Å². The van der Waals surface area contributed by atoms with Crippen LogP contribution in [-0.2, 0) is 0 Å². The van der Waals surface area contributed by atoms with E-state index in [0.717, 1.165) is 18.3 Å². The molecule has 0 bridgehead atoms. The predicted octanol–water partition coefficient (Wildman–Crippen LogP) is 3.22. The van der Waals surface area contributed by atoms with Gasteiger partial charge >= 0.3 is 0 Å². The molecule has 0 aliphatic carbocycles. The number of piperidine rings is 1. The minimum Gasteiger partial charge on any atom is -0.496 e. The van der Waals surface area contributed by atoms with Crippen molar-refractivity contribution in [2.75, 3.05) is 27.2 Å². The molecule has 0 amide bonds. The number of ether oxygens (including phenoxy) is 1. The maximum atomic E-state index is 5.43. The van der Waals surface area contributed by atoms with E-state index in [2.05, 4.69) is 36.3 Å². The normalized spacial score (nSPS) is 21.6. The zero-order valence-electron chi connectivity index (χ0n) is 13.1. The van der Waals surface area contributed by atoms with Gasteiger partial charge in [0.25, 0.3) is 0 Å². The molecule has 1 aliphatic rings. The number of para-hydroxylation sites is 1. The van der Waals surface area contributed by atoms with Gasteiger partial charge in [-0.05, 0) is 52.4 Å². The van der Waals surface area contributed by atoms with Gasteiger partial charge in [0.15, 0.2) is 0 Å². The SMILES string of the molecule is COc1ccccc1[C@H](C)NCCC1CCCCN1C. The van der Waals surface area contributed by atoms with Gasteiger partial charge < -0.3 is 15.0 Å². The lowest BCUT2D eigenvalue weighted by Gasteiger charge is -2.32. The van der Waals surface area contributed by atoms with Gasteiger partial charge in [-0.25, -0.2) is 0 Å². The van der Waals surface area contributed by atoms with Gasteiger partial charge in [0.1, 0.15) is 5.75 Å². The van der Waals surface area contributed by atoms with E-state index in [1.807, 2.05) is 12.1 Å².